The number of fused-ring (bicyclic) bond motifs is 1. The predicted molar refractivity (Wildman–Crippen MR) is 157 cm³/mol. The third-order valence-electron chi connectivity index (χ3n) is 7.27. The highest BCUT2D eigenvalue weighted by Crippen LogP contribution is 2.47. The molecule has 0 bridgehead atoms. The molecule has 2 aliphatic heterocycles. The number of rotatable bonds is 16. The summed E-state index contributed by atoms with van der Waals surface area (Å²) in [6.45, 7) is 5.51. The Balaban J connectivity index is 1.66. The monoisotopic (exact) mass is 648 g/mol. The molecule has 0 radical (unpaired) electrons. The van der Waals surface area contributed by atoms with Gasteiger partial charge in [-0.05, 0) is 69.0 Å². The Morgan fingerprint density at radius 3 is 1.29 bits per heavy atom. The smallest absolute Gasteiger partial charge is 0.261 e. The van der Waals surface area contributed by atoms with Crippen molar-refractivity contribution in [2.75, 3.05) is 13.1 Å². The van der Waals surface area contributed by atoms with Crippen molar-refractivity contribution in [1.82, 2.24) is 9.80 Å². The van der Waals surface area contributed by atoms with Crippen molar-refractivity contribution in [2.24, 2.45) is 0 Å². The molecule has 0 fully saturated rings. The standard InChI is InChI=1S/C30H38Br2N2O4/c1-3-5-7-9-11-13-19-33-27(21-15-17-23(31)37-21)25-26(29(33)35)28(22-16-18-24(32)38-22)34(30(25)36)20-14-12-10-8-6-4-2/h15-18H,3-14,19-20H2,1-2H3. The van der Waals surface area contributed by atoms with Gasteiger partial charge in [0.2, 0.25) is 0 Å². The molecule has 6 nitrogen and oxygen atoms in total. The SMILES string of the molecule is CCCCCCCCN1C(=O)C2=C(c3ccc(Br)o3)N(CCCCCCCC)C(=O)C2=C1c1ccc(Br)o1. The molecule has 4 heterocycles. The molecule has 2 aliphatic rings. The maximum absolute atomic E-state index is 14.0. The summed E-state index contributed by atoms with van der Waals surface area (Å²) in [6, 6.07) is 7.25. The molecule has 0 saturated carbocycles. The van der Waals surface area contributed by atoms with Gasteiger partial charge in [0, 0.05) is 13.1 Å². The number of hydrogen-bond acceptors (Lipinski definition) is 4. The zero-order valence-corrected chi connectivity index (χ0v) is 25.7. The van der Waals surface area contributed by atoms with Crippen LogP contribution < -0.4 is 0 Å². The molecule has 0 saturated heterocycles. The summed E-state index contributed by atoms with van der Waals surface area (Å²) >= 11 is 6.79. The van der Waals surface area contributed by atoms with Gasteiger partial charge < -0.3 is 18.6 Å². The molecule has 0 aromatic carbocycles. The molecule has 4 rings (SSSR count). The number of carbonyl (C=O) groups excluding carboxylic acids is 2. The lowest BCUT2D eigenvalue weighted by Crippen LogP contribution is -2.31. The second-order valence-corrected chi connectivity index (χ2v) is 11.7. The van der Waals surface area contributed by atoms with Crippen molar-refractivity contribution >= 4 is 55.1 Å². The molecule has 38 heavy (non-hydrogen) atoms. The number of hydrogen-bond donors (Lipinski definition) is 0. The van der Waals surface area contributed by atoms with Gasteiger partial charge in [0.05, 0.1) is 11.1 Å². The Morgan fingerprint density at radius 1 is 0.579 bits per heavy atom. The molecule has 0 spiro atoms. The molecule has 2 aromatic heterocycles. The van der Waals surface area contributed by atoms with Gasteiger partial charge >= 0.3 is 0 Å². The fraction of sp³-hybridized carbons (Fsp3) is 0.533. The van der Waals surface area contributed by atoms with E-state index >= 15 is 0 Å². The van der Waals surface area contributed by atoms with E-state index < -0.39 is 0 Å². The molecule has 0 aliphatic carbocycles. The summed E-state index contributed by atoms with van der Waals surface area (Å²) in [5, 5.41) is 0. The lowest BCUT2D eigenvalue weighted by molar-refractivity contribution is -0.124. The van der Waals surface area contributed by atoms with E-state index in [4.69, 9.17) is 8.83 Å². The quantitative estimate of drug-likeness (QED) is 0.170. The van der Waals surface area contributed by atoms with E-state index in [9.17, 15) is 9.59 Å². The molecular weight excluding hydrogens is 612 g/mol. The van der Waals surface area contributed by atoms with Crippen molar-refractivity contribution in [3.05, 3.63) is 56.3 Å². The maximum Gasteiger partial charge on any atom is 0.261 e. The predicted octanol–water partition coefficient (Wildman–Crippen LogP) is 8.93. The van der Waals surface area contributed by atoms with Crippen LogP contribution in [0.5, 0.6) is 0 Å². The van der Waals surface area contributed by atoms with E-state index in [1.165, 1.54) is 38.5 Å². The number of halogens is 2. The lowest BCUT2D eigenvalue weighted by atomic mass is 10.1. The number of amides is 2. The third-order valence-corrected chi connectivity index (χ3v) is 8.12. The van der Waals surface area contributed by atoms with E-state index in [2.05, 4.69) is 45.7 Å². The Labute approximate surface area is 242 Å². The number of unbranched alkanes of at least 4 members (excludes halogenated alkanes) is 10. The van der Waals surface area contributed by atoms with Crippen LogP contribution in [0, 0.1) is 0 Å². The van der Waals surface area contributed by atoms with E-state index in [1.54, 1.807) is 21.9 Å². The van der Waals surface area contributed by atoms with Gasteiger partial charge in [0.25, 0.3) is 11.8 Å². The van der Waals surface area contributed by atoms with Gasteiger partial charge in [-0.2, -0.15) is 0 Å². The van der Waals surface area contributed by atoms with E-state index in [0.29, 0.717) is 56.5 Å². The van der Waals surface area contributed by atoms with Crippen molar-refractivity contribution in [3.63, 3.8) is 0 Å². The first-order valence-electron chi connectivity index (χ1n) is 14.1. The Morgan fingerprint density at radius 2 is 0.947 bits per heavy atom. The van der Waals surface area contributed by atoms with Crippen LogP contribution >= 0.6 is 31.9 Å². The summed E-state index contributed by atoms with van der Waals surface area (Å²) in [5.41, 5.74) is 2.00. The van der Waals surface area contributed by atoms with E-state index in [-0.39, 0.29) is 11.8 Å². The minimum atomic E-state index is -0.155. The lowest BCUT2D eigenvalue weighted by Gasteiger charge is -2.23. The fourth-order valence-corrected chi connectivity index (χ4v) is 5.93. The second-order valence-electron chi connectivity index (χ2n) is 10.1. The number of furan rings is 2. The highest BCUT2D eigenvalue weighted by Gasteiger charge is 2.50. The summed E-state index contributed by atoms with van der Waals surface area (Å²) in [7, 11) is 0. The Hall–Kier alpha value is -2.06. The van der Waals surface area contributed by atoms with Crippen LogP contribution in [0.25, 0.3) is 11.4 Å². The summed E-state index contributed by atoms with van der Waals surface area (Å²) in [4.78, 5) is 31.5. The average Bonchev–Trinajstić information content (AvgIpc) is 3.65. The minimum Gasteiger partial charge on any atom is -0.448 e. The van der Waals surface area contributed by atoms with Crippen LogP contribution in [0.15, 0.2) is 53.6 Å². The van der Waals surface area contributed by atoms with Crippen LogP contribution in [-0.2, 0) is 9.59 Å². The van der Waals surface area contributed by atoms with Gasteiger partial charge in [-0.15, -0.1) is 0 Å². The van der Waals surface area contributed by atoms with Gasteiger partial charge in [0.1, 0.15) is 11.4 Å². The Bertz CT molecular complexity index is 1100. The zero-order valence-electron chi connectivity index (χ0n) is 22.5. The van der Waals surface area contributed by atoms with Crippen molar-refractivity contribution in [1.29, 1.82) is 0 Å². The van der Waals surface area contributed by atoms with Crippen LogP contribution in [0.3, 0.4) is 0 Å². The summed E-state index contributed by atoms with van der Waals surface area (Å²) < 4.78 is 13.0. The van der Waals surface area contributed by atoms with Crippen molar-refractivity contribution in [2.45, 2.75) is 90.9 Å². The van der Waals surface area contributed by atoms with Crippen molar-refractivity contribution < 1.29 is 18.4 Å². The minimum absolute atomic E-state index is 0.155. The second kappa shape index (κ2) is 13.8. The van der Waals surface area contributed by atoms with Gasteiger partial charge in [-0.1, -0.05) is 78.1 Å². The highest BCUT2D eigenvalue weighted by molar-refractivity contribution is 9.10. The number of carbonyl (C=O) groups is 2. The van der Waals surface area contributed by atoms with Gasteiger partial charge in [0.15, 0.2) is 20.9 Å². The van der Waals surface area contributed by atoms with Crippen LogP contribution in [-0.4, -0.2) is 34.7 Å². The molecule has 206 valence electrons. The molecule has 8 heteroatoms. The molecular formula is C30H38Br2N2O4. The highest BCUT2D eigenvalue weighted by atomic mass is 79.9. The van der Waals surface area contributed by atoms with E-state index in [0.717, 1.165) is 38.5 Å². The largest absolute Gasteiger partial charge is 0.448 e. The summed E-state index contributed by atoms with van der Waals surface area (Å²) in [6.07, 6.45) is 13.4. The van der Waals surface area contributed by atoms with Gasteiger partial charge in [-0.25, -0.2) is 0 Å². The molecule has 2 amide bonds. The fourth-order valence-electron chi connectivity index (χ4n) is 5.32. The zero-order chi connectivity index (χ0) is 27.1. The van der Waals surface area contributed by atoms with Crippen LogP contribution in [0.2, 0.25) is 0 Å². The topological polar surface area (TPSA) is 66.9 Å². The maximum atomic E-state index is 14.0. The normalized spacial score (nSPS) is 15.6. The van der Waals surface area contributed by atoms with Crippen LogP contribution in [0.1, 0.15) is 102 Å². The van der Waals surface area contributed by atoms with E-state index in [1.807, 2.05) is 12.1 Å². The average molecular weight is 650 g/mol. The Kier molecular flexibility index (Phi) is 10.5. The third kappa shape index (κ3) is 6.39. The van der Waals surface area contributed by atoms with Gasteiger partial charge in [-0.3, -0.25) is 9.59 Å². The first-order chi connectivity index (χ1) is 18.5. The summed E-state index contributed by atoms with van der Waals surface area (Å²) in [5.74, 6) is 0.738. The van der Waals surface area contributed by atoms with Crippen LogP contribution in [0.4, 0.5) is 0 Å². The molecule has 0 atom stereocenters. The first kappa shape index (κ1) is 28.9. The first-order valence-corrected chi connectivity index (χ1v) is 15.7. The molecule has 2 aromatic rings. The van der Waals surface area contributed by atoms with Crippen molar-refractivity contribution in [3.8, 4) is 0 Å². The molecule has 0 unspecified atom stereocenters. The molecule has 0 N–H and O–H groups in total. The number of nitrogens with zero attached hydrogens (tertiary/aromatic N) is 2.